The summed E-state index contributed by atoms with van der Waals surface area (Å²) in [4.78, 5) is 0. The highest BCUT2D eigenvalue weighted by Gasteiger charge is 2.31. The molecule has 2 N–H and O–H groups in total. The van der Waals surface area contributed by atoms with Gasteiger partial charge in [-0.2, -0.15) is 0 Å². The zero-order valence-electron chi connectivity index (χ0n) is 11.4. The average Bonchev–Trinajstić information content (AvgIpc) is 2.39. The topological polar surface area (TPSA) is 33.3 Å². The van der Waals surface area contributed by atoms with Gasteiger partial charge in [0.05, 0.1) is 0 Å². The molecular formula is C14H19F3N2O. The maximum absolute atomic E-state index is 12.3. The Hall–Kier alpha value is -1.27. The third kappa shape index (κ3) is 4.68. The van der Waals surface area contributed by atoms with Crippen LogP contribution in [0.25, 0.3) is 0 Å². The molecule has 3 nitrogen and oxygen atoms in total. The molecule has 0 saturated carbocycles. The van der Waals surface area contributed by atoms with Gasteiger partial charge in [-0.15, -0.1) is 13.2 Å². The third-order valence-corrected chi connectivity index (χ3v) is 3.41. The lowest BCUT2D eigenvalue weighted by atomic mass is 10.1. The highest BCUT2D eigenvalue weighted by Crippen LogP contribution is 2.27. The lowest BCUT2D eigenvalue weighted by molar-refractivity contribution is -0.274. The summed E-state index contributed by atoms with van der Waals surface area (Å²) in [5, 5.41) is 6.64. The molecule has 1 saturated heterocycles. The number of hydrogen-bond acceptors (Lipinski definition) is 3. The number of hydrogen-bond donors (Lipinski definition) is 2. The van der Waals surface area contributed by atoms with Crippen LogP contribution in [-0.4, -0.2) is 25.5 Å². The maximum atomic E-state index is 12.3. The van der Waals surface area contributed by atoms with E-state index in [1.807, 2.05) is 6.07 Å². The van der Waals surface area contributed by atoms with Crippen molar-refractivity contribution < 1.29 is 17.9 Å². The minimum atomic E-state index is -4.65. The van der Waals surface area contributed by atoms with Crippen LogP contribution in [0.3, 0.4) is 0 Å². The van der Waals surface area contributed by atoms with E-state index in [9.17, 15) is 13.2 Å². The second-order valence-corrected chi connectivity index (χ2v) is 5.05. The minimum Gasteiger partial charge on any atom is -0.406 e. The van der Waals surface area contributed by atoms with E-state index in [-0.39, 0.29) is 5.75 Å². The van der Waals surface area contributed by atoms with E-state index >= 15 is 0 Å². The van der Waals surface area contributed by atoms with Gasteiger partial charge in [-0.3, -0.25) is 0 Å². The van der Waals surface area contributed by atoms with Crippen molar-refractivity contribution in [2.45, 2.75) is 38.7 Å². The van der Waals surface area contributed by atoms with Crippen LogP contribution in [-0.2, 0) is 6.54 Å². The lowest BCUT2D eigenvalue weighted by Gasteiger charge is -2.24. The Labute approximate surface area is 116 Å². The van der Waals surface area contributed by atoms with Crippen LogP contribution in [0, 0.1) is 6.92 Å². The number of rotatable bonds is 4. The molecule has 0 spiro atoms. The van der Waals surface area contributed by atoms with E-state index in [2.05, 4.69) is 15.4 Å². The van der Waals surface area contributed by atoms with Crippen LogP contribution in [0.1, 0.15) is 24.0 Å². The van der Waals surface area contributed by atoms with Crippen LogP contribution in [0.5, 0.6) is 5.75 Å². The molecule has 0 amide bonds. The molecule has 0 aliphatic carbocycles. The Kier molecular flexibility index (Phi) is 4.88. The fraction of sp³-hybridized carbons (Fsp3) is 0.571. The van der Waals surface area contributed by atoms with E-state index in [1.54, 1.807) is 13.0 Å². The number of aryl methyl sites for hydroxylation is 1. The monoisotopic (exact) mass is 288 g/mol. The van der Waals surface area contributed by atoms with Crippen molar-refractivity contribution in [1.29, 1.82) is 0 Å². The summed E-state index contributed by atoms with van der Waals surface area (Å²) >= 11 is 0. The van der Waals surface area contributed by atoms with Gasteiger partial charge in [0.1, 0.15) is 5.75 Å². The SMILES string of the molecule is Cc1ccc(CNC2CCNCC2)cc1OC(F)(F)F. The Bertz CT molecular complexity index is 443. The molecule has 1 aliphatic rings. The molecule has 1 aromatic carbocycles. The first kappa shape index (κ1) is 15.1. The molecule has 1 heterocycles. The van der Waals surface area contributed by atoms with Crippen LogP contribution in [0.15, 0.2) is 18.2 Å². The van der Waals surface area contributed by atoms with E-state index < -0.39 is 6.36 Å². The predicted molar refractivity (Wildman–Crippen MR) is 70.6 cm³/mol. The molecule has 0 atom stereocenters. The lowest BCUT2D eigenvalue weighted by Crippen LogP contribution is -2.39. The number of nitrogens with one attached hydrogen (secondary N) is 2. The summed E-state index contributed by atoms with van der Waals surface area (Å²) in [6, 6.07) is 5.36. The van der Waals surface area contributed by atoms with Gasteiger partial charge >= 0.3 is 6.36 Å². The van der Waals surface area contributed by atoms with Crippen molar-refractivity contribution in [3.63, 3.8) is 0 Å². The van der Waals surface area contributed by atoms with Crippen LogP contribution in [0.4, 0.5) is 13.2 Å². The summed E-state index contributed by atoms with van der Waals surface area (Å²) in [6.07, 6.45) is -2.57. The van der Waals surface area contributed by atoms with Gasteiger partial charge < -0.3 is 15.4 Å². The molecule has 0 aromatic heterocycles. The van der Waals surface area contributed by atoms with E-state index in [4.69, 9.17) is 0 Å². The molecule has 2 rings (SSSR count). The third-order valence-electron chi connectivity index (χ3n) is 3.41. The number of benzene rings is 1. The fourth-order valence-corrected chi connectivity index (χ4v) is 2.28. The Balaban J connectivity index is 1.96. The number of piperidine rings is 1. The number of halogens is 3. The normalized spacial score (nSPS) is 17.2. The fourth-order valence-electron chi connectivity index (χ4n) is 2.28. The number of ether oxygens (including phenoxy) is 1. The Morgan fingerprint density at radius 2 is 2.00 bits per heavy atom. The van der Waals surface area contributed by atoms with Crippen LogP contribution >= 0.6 is 0 Å². The van der Waals surface area contributed by atoms with E-state index in [1.165, 1.54) is 6.07 Å². The standard InChI is InChI=1S/C14H19F3N2O/c1-10-2-3-11(8-13(10)20-14(15,16)17)9-19-12-4-6-18-7-5-12/h2-3,8,12,18-19H,4-7,9H2,1H3. The highest BCUT2D eigenvalue weighted by atomic mass is 19.4. The van der Waals surface area contributed by atoms with Gasteiger partial charge in [0.2, 0.25) is 0 Å². The van der Waals surface area contributed by atoms with Gasteiger partial charge in [0.25, 0.3) is 0 Å². The van der Waals surface area contributed by atoms with Crippen molar-refractivity contribution in [3.8, 4) is 5.75 Å². The molecule has 0 unspecified atom stereocenters. The molecule has 20 heavy (non-hydrogen) atoms. The summed E-state index contributed by atoms with van der Waals surface area (Å²) < 4.78 is 40.9. The van der Waals surface area contributed by atoms with Crippen LogP contribution in [0.2, 0.25) is 0 Å². The first-order valence-electron chi connectivity index (χ1n) is 6.73. The summed E-state index contributed by atoms with van der Waals surface area (Å²) in [5.41, 5.74) is 1.28. The van der Waals surface area contributed by atoms with Gasteiger partial charge in [-0.1, -0.05) is 12.1 Å². The predicted octanol–water partition coefficient (Wildman–Crippen LogP) is 2.74. The zero-order chi connectivity index (χ0) is 14.6. The van der Waals surface area contributed by atoms with Crippen molar-refractivity contribution in [1.82, 2.24) is 10.6 Å². The van der Waals surface area contributed by atoms with Gasteiger partial charge in [0.15, 0.2) is 0 Å². The van der Waals surface area contributed by atoms with Crippen molar-refractivity contribution in [3.05, 3.63) is 29.3 Å². The molecule has 0 bridgehead atoms. The molecular weight excluding hydrogens is 269 g/mol. The van der Waals surface area contributed by atoms with E-state index in [0.29, 0.717) is 18.2 Å². The van der Waals surface area contributed by atoms with Gasteiger partial charge in [-0.05, 0) is 50.0 Å². The summed E-state index contributed by atoms with van der Waals surface area (Å²) in [7, 11) is 0. The first-order valence-corrected chi connectivity index (χ1v) is 6.73. The zero-order valence-corrected chi connectivity index (χ0v) is 11.4. The van der Waals surface area contributed by atoms with Crippen LogP contribution < -0.4 is 15.4 Å². The second-order valence-electron chi connectivity index (χ2n) is 5.05. The number of alkyl halides is 3. The minimum absolute atomic E-state index is 0.123. The first-order chi connectivity index (χ1) is 9.44. The van der Waals surface area contributed by atoms with E-state index in [0.717, 1.165) is 31.5 Å². The molecule has 1 fully saturated rings. The molecule has 6 heteroatoms. The van der Waals surface area contributed by atoms with Gasteiger partial charge in [-0.25, -0.2) is 0 Å². The largest absolute Gasteiger partial charge is 0.573 e. The molecule has 1 aliphatic heterocycles. The van der Waals surface area contributed by atoms with Crippen molar-refractivity contribution in [2.24, 2.45) is 0 Å². The molecule has 0 radical (unpaired) electrons. The highest BCUT2D eigenvalue weighted by molar-refractivity contribution is 5.36. The molecule has 1 aromatic rings. The van der Waals surface area contributed by atoms with Crippen molar-refractivity contribution in [2.75, 3.05) is 13.1 Å². The summed E-state index contributed by atoms with van der Waals surface area (Å²) in [6.45, 7) is 4.12. The average molecular weight is 288 g/mol. The quantitative estimate of drug-likeness (QED) is 0.894. The Morgan fingerprint density at radius 1 is 1.30 bits per heavy atom. The van der Waals surface area contributed by atoms with Crippen molar-refractivity contribution >= 4 is 0 Å². The Morgan fingerprint density at radius 3 is 2.65 bits per heavy atom. The second kappa shape index (κ2) is 6.45. The molecule has 112 valence electrons. The summed E-state index contributed by atoms with van der Waals surface area (Å²) in [5.74, 6) is -0.123. The van der Waals surface area contributed by atoms with Gasteiger partial charge in [0, 0.05) is 12.6 Å². The maximum Gasteiger partial charge on any atom is 0.573 e. The smallest absolute Gasteiger partial charge is 0.406 e.